The lowest BCUT2D eigenvalue weighted by atomic mass is 9.66. The van der Waals surface area contributed by atoms with Crippen LogP contribution < -0.4 is 4.52 Å². The first kappa shape index (κ1) is 18.0. The Morgan fingerprint density at radius 3 is 2.70 bits per heavy atom. The first-order valence-electron chi connectivity index (χ1n) is 10.5. The van der Waals surface area contributed by atoms with Crippen molar-refractivity contribution in [3.8, 4) is 5.75 Å². The highest BCUT2D eigenvalue weighted by Crippen LogP contribution is 2.60. The van der Waals surface area contributed by atoms with Crippen LogP contribution in [0.15, 0.2) is 17.2 Å². The van der Waals surface area contributed by atoms with Crippen LogP contribution in [0.4, 0.5) is 0 Å². The van der Waals surface area contributed by atoms with Gasteiger partial charge >= 0.3 is 7.82 Å². The van der Waals surface area contributed by atoms with Crippen molar-refractivity contribution in [3.63, 3.8) is 0 Å². The molecule has 0 saturated heterocycles. The Labute approximate surface area is 161 Å². The number of phosphoric acid groups is 1. The van der Waals surface area contributed by atoms with Crippen LogP contribution in [-0.4, -0.2) is 11.0 Å². The average Bonchev–Trinajstić information content (AvgIpc) is 2.76. The second-order valence-corrected chi connectivity index (χ2v) is 10.2. The Morgan fingerprint density at radius 1 is 1.11 bits per heavy atom. The van der Waals surface area contributed by atoms with E-state index < -0.39 is 7.82 Å². The number of rotatable bonds is 0. The largest absolute Gasteiger partial charge is 0.527 e. The molecule has 4 atom stereocenters. The van der Waals surface area contributed by atoms with Crippen LogP contribution in [0.2, 0.25) is 0 Å². The van der Waals surface area contributed by atoms with Gasteiger partial charge in [0.25, 0.3) is 0 Å². The molecule has 0 amide bonds. The van der Waals surface area contributed by atoms with E-state index in [-0.39, 0.29) is 17.9 Å². The summed E-state index contributed by atoms with van der Waals surface area (Å²) in [7, 11) is -4.12. The minimum atomic E-state index is -4.12. The molecule has 0 saturated carbocycles. The Balaban J connectivity index is 1.80. The van der Waals surface area contributed by atoms with Crippen LogP contribution in [0.5, 0.6) is 5.75 Å². The quantitative estimate of drug-likeness (QED) is 0.454. The summed E-state index contributed by atoms with van der Waals surface area (Å²) in [5, 5.41) is 0. The first-order chi connectivity index (χ1) is 12.9. The molecule has 1 heterocycles. The van der Waals surface area contributed by atoms with Crippen molar-refractivity contribution < 1.29 is 18.5 Å². The standard InChI is InChI=1S/C22H29O4P/c1-13-11-15-7-3-5-9-17(15)19-20-18-10-6-4-8-16(18)12-14(2)22(20)26-27(23,24)25-21(13)19/h11,14,20,22H,3-10,12H2,1-2H3,(H,23,24)/t14?,20-,22-/m1/s1. The second kappa shape index (κ2) is 6.47. The van der Waals surface area contributed by atoms with E-state index in [2.05, 4.69) is 13.0 Å². The Kier molecular flexibility index (Phi) is 4.31. The van der Waals surface area contributed by atoms with E-state index >= 15 is 0 Å². The zero-order valence-corrected chi connectivity index (χ0v) is 17.2. The molecule has 0 bridgehead atoms. The van der Waals surface area contributed by atoms with Gasteiger partial charge in [-0.3, -0.25) is 9.42 Å². The van der Waals surface area contributed by atoms with E-state index in [1.165, 1.54) is 54.4 Å². The molecule has 0 aromatic heterocycles. The molecule has 1 N–H and O–H groups in total. The van der Waals surface area contributed by atoms with Gasteiger partial charge in [-0.1, -0.05) is 24.1 Å². The summed E-state index contributed by atoms with van der Waals surface area (Å²) < 4.78 is 24.4. The molecule has 0 radical (unpaired) electrons. The van der Waals surface area contributed by atoms with E-state index in [0.29, 0.717) is 5.75 Å². The fourth-order valence-corrected chi connectivity index (χ4v) is 7.10. The van der Waals surface area contributed by atoms with Crippen molar-refractivity contribution >= 4 is 7.82 Å². The van der Waals surface area contributed by atoms with Gasteiger partial charge in [-0.25, -0.2) is 4.57 Å². The Hall–Kier alpha value is -1.09. The number of allylic oxidation sites excluding steroid dienone is 1. The molecule has 0 spiro atoms. The number of hydrogen-bond acceptors (Lipinski definition) is 3. The number of aryl methyl sites for hydroxylation is 2. The maximum atomic E-state index is 12.8. The summed E-state index contributed by atoms with van der Waals surface area (Å²) in [6.45, 7) is 4.18. The Bertz CT molecular complexity index is 872. The molecule has 4 aliphatic rings. The SMILES string of the molecule is Cc1cc2c(c3c1OP(=O)(O)O[C@@H]1C(C)CC4=C(CCCC4)[C@H]31)CCCC2. The van der Waals surface area contributed by atoms with Gasteiger partial charge in [0.1, 0.15) is 5.75 Å². The molecular weight excluding hydrogens is 359 g/mol. The average molecular weight is 388 g/mol. The molecule has 1 aromatic rings. The number of benzene rings is 1. The zero-order valence-electron chi connectivity index (χ0n) is 16.3. The van der Waals surface area contributed by atoms with Gasteiger partial charge in [-0.15, -0.1) is 0 Å². The molecule has 5 heteroatoms. The van der Waals surface area contributed by atoms with Gasteiger partial charge in [0.05, 0.1) is 6.10 Å². The molecule has 1 aliphatic heterocycles. The van der Waals surface area contributed by atoms with Gasteiger partial charge in [0.15, 0.2) is 0 Å². The minimum absolute atomic E-state index is 0.0776. The van der Waals surface area contributed by atoms with Crippen molar-refractivity contribution in [2.45, 2.75) is 83.7 Å². The Morgan fingerprint density at radius 2 is 1.85 bits per heavy atom. The highest BCUT2D eigenvalue weighted by atomic mass is 31.2. The van der Waals surface area contributed by atoms with E-state index in [9.17, 15) is 9.46 Å². The normalized spacial score (nSPS) is 35.3. The van der Waals surface area contributed by atoms with Crippen LogP contribution in [0, 0.1) is 12.8 Å². The predicted molar refractivity (Wildman–Crippen MR) is 105 cm³/mol. The molecule has 0 fully saturated rings. The number of phosphoric ester groups is 1. The van der Waals surface area contributed by atoms with E-state index in [0.717, 1.165) is 31.2 Å². The summed E-state index contributed by atoms with van der Waals surface area (Å²) in [4.78, 5) is 10.5. The molecular formula is C22H29O4P. The van der Waals surface area contributed by atoms with E-state index in [1.54, 1.807) is 5.57 Å². The van der Waals surface area contributed by atoms with Gasteiger partial charge in [-0.05, 0) is 87.3 Å². The van der Waals surface area contributed by atoms with Gasteiger partial charge in [0, 0.05) is 11.5 Å². The fraction of sp³-hybridized carbons (Fsp3) is 0.636. The highest BCUT2D eigenvalue weighted by molar-refractivity contribution is 7.47. The van der Waals surface area contributed by atoms with Crippen LogP contribution >= 0.6 is 7.82 Å². The molecule has 1 aromatic carbocycles. The van der Waals surface area contributed by atoms with Crippen molar-refractivity contribution in [1.29, 1.82) is 0 Å². The maximum absolute atomic E-state index is 12.8. The van der Waals surface area contributed by atoms with Gasteiger partial charge in [0.2, 0.25) is 0 Å². The van der Waals surface area contributed by atoms with Crippen LogP contribution in [0.3, 0.4) is 0 Å². The van der Waals surface area contributed by atoms with Crippen LogP contribution in [0.25, 0.3) is 0 Å². The van der Waals surface area contributed by atoms with Crippen LogP contribution in [-0.2, 0) is 21.9 Å². The van der Waals surface area contributed by atoms with Crippen molar-refractivity contribution in [3.05, 3.63) is 39.5 Å². The lowest BCUT2D eigenvalue weighted by molar-refractivity contribution is 0.0828. The molecule has 2 unspecified atom stereocenters. The predicted octanol–water partition coefficient (Wildman–Crippen LogP) is 5.75. The molecule has 146 valence electrons. The third-order valence-electron chi connectivity index (χ3n) is 7.06. The lowest BCUT2D eigenvalue weighted by Crippen LogP contribution is -2.35. The van der Waals surface area contributed by atoms with E-state index in [4.69, 9.17) is 9.05 Å². The fourth-order valence-electron chi connectivity index (χ4n) is 5.95. The molecule has 3 aliphatic carbocycles. The monoisotopic (exact) mass is 388 g/mol. The lowest BCUT2D eigenvalue weighted by Gasteiger charge is -2.41. The molecule has 5 rings (SSSR count). The summed E-state index contributed by atoms with van der Waals surface area (Å²) in [6.07, 6.45) is 9.98. The summed E-state index contributed by atoms with van der Waals surface area (Å²) in [5.74, 6) is 0.927. The highest BCUT2D eigenvalue weighted by Gasteiger charge is 2.48. The number of hydrogen-bond donors (Lipinski definition) is 1. The smallest absolute Gasteiger partial charge is 0.404 e. The third kappa shape index (κ3) is 2.92. The minimum Gasteiger partial charge on any atom is -0.404 e. The van der Waals surface area contributed by atoms with Crippen molar-refractivity contribution in [2.75, 3.05) is 0 Å². The van der Waals surface area contributed by atoms with Crippen molar-refractivity contribution in [1.82, 2.24) is 0 Å². The van der Waals surface area contributed by atoms with Crippen LogP contribution in [0.1, 0.15) is 80.0 Å². The maximum Gasteiger partial charge on any atom is 0.527 e. The molecule has 4 nitrogen and oxygen atoms in total. The summed E-state index contributed by atoms with van der Waals surface area (Å²) in [5.41, 5.74) is 7.99. The zero-order chi connectivity index (χ0) is 18.8. The summed E-state index contributed by atoms with van der Waals surface area (Å²) >= 11 is 0. The second-order valence-electron chi connectivity index (χ2n) is 8.91. The first-order valence-corrected chi connectivity index (χ1v) is 12.0. The summed E-state index contributed by atoms with van der Waals surface area (Å²) in [6, 6.07) is 2.18. The van der Waals surface area contributed by atoms with Crippen molar-refractivity contribution in [2.24, 2.45) is 5.92 Å². The number of fused-ring (bicyclic) bond motifs is 6. The molecule has 27 heavy (non-hydrogen) atoms. The van der Waals surface area contributed by atoms with E-state index in [1.807, 2.05) is 6.92 Å². The van der Waals surface area contributed by atoms with Gasteiger partial charge < -0.3 is 4.52 Å². The van der Waals surface area contributed by atoms with Gasteiger partial charge in [-0.2, -0.15) is 0 Å². The topological polar surface area (TPSA) is 55.8 Å². The third-order valence-corrected chi connectivity index (χ3v) is 7.99.